The molecule has 0 aliphatic carbocycles. The van der Waals surface area contributed by atoms with Crippen LogP contribution in [0.1, 0.15) is 34.6 Å². The summed E-state index contributed by atoms with van der Waals surface area (Å²) in [6, 6.07) is 14.5. The van der Waals surface area contributed by atoms with Gasteiger partial charge in [-0.2, -0.15) is 18.2 Å². The average Bonchev–Trinajstić information content (AvgIpc) is 3.33. The standard InChI is InChI=1S/C27H27F3N6O4/c1-26(2,15-37)34-24(39)18-8-10-20(21(12-18)40-3)32-25-33-22-11-9-19(13-36(22)35-25)16-4-6-17(7-5-16)23(38)31-14-27(28,29)30/h4-13,37H,14-15H2,1-3H3,(H,31,38)(H,32,35)(H,34,39). The van der Waals surface area contributed by atoms with Crippen LogP contribution < -0.4 is 20.7 Å². The molecule has 0 saturated carbocycles. The molecular formula is C27H27F3N6O4. The van der Waals surface area contributed by atoms with E-state index in [1.54, 1.807) is 67.0 Å². The number of carbonyl (C=O) groups excluding carboxylic acids is 2. The van der Waals surface area contributed by atoms with Crippen LogP contribution in [-0.4, -0.2) is 63.5 Å². The number of pyridine rings is 1. The monoisotopic (exact) mass is 556 g/mol. The molecule has 40 heavy (non-hydrogen) atoms. The zero-order valence-electron chi connectivity index (χ0n) is 21.8. The molecule has 4 aromatic rings. The van der Waals surface area contributed by atoms with Crippen molar-refractivity contribution in [3.8, 4) is 16.9 Å². The number of ether oxygens (including phenoxy) is 1. The lowest BCUT2D eigenvalue weighted by Crippen LogP contribution is -2.46. The van der Waals surface area contributed by atoms with Gasteiger partial charge in [0.15, 0.2) is 5.65 Å². The number of aliphatic hydroxyl groups is 1. The van der Waals surface area contributed by atoms with Crippen LogP contribution >= 0.6 is 0 Å². The number of hydrogen-bond donors (Lipinski definition) is 4. The highest BCUT2D eigenvalue weighted by atomic mass is 19.4. The van der Waals surface area contributed by atoms with Gasteiger partial charge in [-0.3, -0.25) is 9.59 Å². The molecule has 0 unspecified atom stereocenters. The number of fused-ring (bicyclic) bond motifs is 1. The smallest absolute Gasteiger partial charge is 0.405 e. The third-order valence-electron chi connectivity index (χ3n) is 5.82. The number of rotatable bonds is 9. The maximum atomic E-state index is 12.6. The summed E-state index contributed by atoms with van der Waals surface area (Å²) in [7, 11) is 1.47. The summed E-state index contributed by atoms with van der Waals surface area (Å²) in [5, 5.41) is 21.5. The Bertz CT molecular complexity index is 1530. The Hall–Kier alpha value is -4.65. The van der Waals surface area contributed by atoms with E-state index in [4.69, 9.17) is 4.74 Å². The molecule has 2 aromatic heterocycles. The van der Waals surface area contributed by atoms with Crippen LogP contribution in [0.3, 0.4) is 0 Å². The Morgan fingerprint density at radius 1 is 0.975 bits per heavy atom. The summed E-state index contributed by atoms with van der Waals surface area (Å²) in [6.45, 7) is 1.79. The highest BCUT2D eigenvalue weighted by Gasteiger charge is 2.28. The number of hydrogen-bond acceptors (Lipinski definition) is 7. The summed E-state index contributed by atoms with van der Waals surface area (Å²) >= 11 is 0. The van der Waals surface area contributed by atoms with E-state index in [1.165, 1.54) is 19.2 Å². The second-order valence-corrected chi connectivity index (χ2v) is 9.57. The first-order valence-electron chi connectivity index (χ1n) is 12.1. The van der Waals surface area contributed by atoms with Gasteiger partial charge in [0.25, 0.3) is 11.8 Å². The number of benzene rings is 2. The molecule has 0 saturated heterocycles. The van der Waals surface area contributed by atoms with Crippen LogP contribution in [0.2, 0.25) is 0 Å². The minimum absolute atomic E-state index is 0.107. The molecule has 0 aliphatic rings. The van der Waals surface area contributed by atoms with Crippen molar-refractivity contribution in [3.05, 3.63) is 71.9 Å². The van der Waals surface area contributed by atoms with Crippen molar-refractivity contribution < 1.29 is 32.6 Å². The van der Waals surface area contributed by atoms with Crippen molar-refractivity contribution in [1.29, 1.82) is 0 Å². The molecule has 2 aromatic carbocycles. The highest BCUT2D eigenvalue weighted by Crippen LogP contribution is 2.29. The summed E-state index contributed by atoms with van der Waals surface area (Å²) in [4.78, 5) is 29.0. The van der Waals surface area contributed by atoms with Crippen LogP contribution in [0.4, 0.5) is 24.8 Å². The van der Waals surface area contributed by atoms with Gasteiger partial charge in [-0.05, 0) is 61.9 Å². The number of nitrogens with zero attached hydrogens (tertiary/aromatic N) is 3. The van der Waals surface area contributed by atoms with E-state index < -0.39 is 24.2 Å². The largest absolute Gasteiger partial charge is 0.495 e. The molecule has 2 amide bonds. The zero-order chi connectivity index (χ0) is 29.1. The van der Waals surface area contributed by atoms with E-state index in [1.807, 2.05) is 5.32 Å². The fraction of sp³-hybridized carbons (Fsp3) is 0.259. The third kappa shape index (κ3) is 6.86. The molecular weight excluding hydrogens is 529 g/mol. The number of aliphatic hydroxyl groups excluding tert-OH is 1. The minimum Gasteiger partial charge on any atom is -0.495 e. The van der Waals surface area contributed by atoms with E-state index in [-0.39, 0.29) is 24.0 Å². The van der Waals surface area contributed by atoms with Crippen LogP contribution in [0, 0.1) is 0 Å². The highest BCUT2D eigenvalue weighted by molar-refractivity contribution is 5.96. The van der Waals surface area contributed by atoms with Crippen molar-refractivity contribution >= 4 is 29.1 Å². The lowest BCUT2D eigenvalue weighted by molar-refractivity contribution is -0.123. The van der Waals surface area contributed by atoms with Crippen molar-refractivity contribution in [1.82, 2.24) is 25.2 Å². The van der Waals surface area contributed by atoms with E-state index in [0.717, 1.165) is 11.1 Å². The predicted octanol–water partition coefficient (Wildman–Crippen LogP) is 3.94. The molecule has 10 nitrogen and oxygen atoms in total. The molecule has 0 spiro atoms. The molecule has 4 rings (SSSR count). The molecule has 4 N–H and O–H groups in total. The molecule has 210 valence electrons. The lowest BCUT2D eigenvalue weighted by Gasteiger charge is -2.23. The summed E-state index contributed by atoms with van der Waals surface area (Å²) in [6.07, 6.45) is -2.76. The van der Waals surface area contributed by atoms with Gasteiger partial charge in [0.05, 0.1) is 24.9 Å². The Morgan fingerprint density at radius 2 is 1.65 bits per heavy atom. The Balaban J connectivity index is 1.49. The van der Waals surface area contributed by atoms with Crippen molar-refractivity contribution in [3.63, 3.8) is 0 Å². The van der Waals surface area contributed by atoms with Gasteiger partial charge >= 0.3 is 6.18 Å². The SMILES string of the molecule is COc1cc(C(=O)NC(C)(C)CO)ccc1Nc1nc2ccc(-c3ccc(C(=O)NCC(F)(F)F)cc3)cn2n1. The Labute approximate surface area is 227 Å². The number of amides is 2. The number of methoxy groups -OCH3 is 1. The van der Waals surface area contributed by atoms with E-state index in [2.05, 4.69) is 20.7 Å². The molecule has 0 bridgehead atoms. The topological polar surface area (TPSA) is 130 Å². The Morgan fingerprint density at radius 3 is 2.30 bits per heavy atom. The number of carbonyl (C=O) groups is 2. The first-order chi connectivity index (χ1) is 18.9. The van der Waals surface area contributed by atoms with E-state index in [9.17, 15) is 27.9 Å². The fourth-order valence-corrected chi connectivity index (χ4v) is 3.68. The van der Waals surface area contributed by atoms with Gasteiger partial charge in [-0.15, -0.1) is 5.10 Å². The normalized spacial score (nSPS) is 11.8. The molecule has 0 aliphatic heterocycles. The molecule has 0 radical (unpaired) electrons. The number of aromatic nitrogens is 3. The number of alkyl halides is 3. The van der Waals surface area contributed by atoms with Gasteiger partial charge in [0, 0.05) is 22.9 Å². The lowest BCUT2D eigenvalue weighted by atomic mass is 10.1. The Kier molecular flexibility index (Phi) is 7.96. The second-order valence-electron chi connectivity index (χ2n) is 9.57. The maximum absolute atomic E-state index is 12.6. The number of nitrogens with one attached hydrogen (secondary N) is 3. The van der Waals surface area contributed by atoms with Crippen molar-refractivity contribution in [2.24, 2.45) is 0 Å². The third-order valence-corrected chi connectivity index (χ3v) is 5.82. The van der Waals surface area contributed by atoms with Gasteiger partial charge < -0.3 is 25.8 Å². The van der Waals surface area contributed by atoms with Crippen molar-refractivity contribution in [2.75, 3.05) is 25.6 Å². The average molecular weight is 557 g/mol. The first kappa shape index (κ1) is 28.4. The second kappa shape index (κ2) is 11.2. The first-order valence-corrected chi connectivity index (χ1v) is 12.1. The van der Waals surface area contributed by atoms with Gasteiger partial charge in [-0.25, -0.2) is 4.52 Å². The summed E-state index contributed by atoms with van der Waals surface area (Å²) in [5.74, 6) is -0.527. The summed E-state index contributed by atoms with van der Waals surface area (Å²) in [5.41, 5.74) is 2.19. The van der Waals surface area contributed by atoms with E-state index >= 15 is 0 Å². The van der Waals surface area contributed by atoms with Crippen LogP contribution in [0.5, 0.6) is 5.75 Å². The van der Waals surface area contributed by atoms with Crippen LogP contribution in [0.25, 0.3) is 16.8 Å². The molecule has 13 heteroatoms. The van der Waals surface area contributed by atoms with Crippen LogP contribution in [-0.2, 0) is 0 Å². The summed E-state index contributed by atoms with van der Waals surface area (Å²) < 4.78 is 44.0. The van der Waals surface area contributed by atoms with Gasteiger partial charge in [0.2, 0.25) is 5.95 Å². The fourth-order valence-electron chi connectivity index (χ4n) is 3.68. The van der Waals surface area contributed by atoms with E-state index in [0.29, 0.717) is 22.6 Å². The van der Waals surface area contributed by atoms with Gasteiger partial charge in [-0.1, -0.05) is 12.1 Å². The molecule has 0 fully saturated rings. The maximum Gasteiger partial charge on any atom is 0.405 e. The molecule has 2 heterocycles. The van der Waals surface area contributed by atoms with Gasteiger partial charge in [0.1, 0.15) is 12.3 Å². The number of halogens is 3. The van der Waals surface area contributed by atoms with Crippen LogP contribution in [0.15, 0.2) is 60.8 Å². The quantitative estimate of drug-likeness (QED) is 0.246. The van der Waals surface area contributed by atoms with Crippen molar-refractivity contribution in [2.45, 2.75) is 25.6 Å². The predicted molar refractivity (Wildman–Crippen MR) is 142 cm³/mol. The zero-order valence-corrected chi connectivity index (χ0v) is 21.8. The molecule has 0 atom stereocenters. The minimum atomic E-state index is -4.49. The number of anilines is 2.